The molecule has 3 heteroatoms. The quantitative estimate of drug-likeness (QED) is 0.856. The van der Waals surface area contributed by atoms with Gasteiger partial charge in [0, 0.05) is 24.2 Å². The molecule has 0 heterocycles. The minimum atomic E-state index is 0.305. The van der Waals surface area contributed by atoms with E-state index < -0.39 is 0 Å². The molecular formula is C16H26N2O. The summed E-state index contributed by atoms with van der Waals surface area (Å²) in [6, 6.07) is 5.94. The van der Waals surface area contributed by atoms with Crippen molar-refractivity contribution in [1.82, 2.24) is 10.2 Å². The van der Waals surface area contributed by atoms with Gasteiger partial charge in [-0.25, -0.2) is 0 Å². The number of aryl methyl sites for hydroxylation is 1. The van der Waals surface area contributed by atoms with Gasteiger partial charge in [0.1, 0.15) is 5.75 Å². The predicted octanol–water partition coefficient (Wildman–Crippen LogP) is 2.66. The molecular weight excluding hydrogens is 236 g/mol. The zero-order chi connectivity index (χ0) is 13.9. The predicted molar refractivity (Wildman–Crippen MR) is 79.4 cm³/mol. The number of rotatable bonds is 5. The molecule has 19 heavy (non-hydrogen) atoms. The molecule has 2 N–H and O–H groups in total. The van der Waals surface area contributed by atoms with Gasteiger partial charge in [-0.2, -0.15) is 0 Å². The van der Waals surface area contributed by atoms with Crippen molar-refractivity contribution in [2.24, 2.45) is 0 Å². The van der Waals surface area contributed by atoms with Crippen molar-refractivity contribution in [2.75, 3.05) is 20.6 Å². The number of hydrogen-bond acceptors (Lipinski definition) is 3. The summed E-state index contributed by atoms with van der Waals surface area (Å²) in [5, 5.41) is 13.5. The second-order valence-electron chi connectivity index (χ2n) is 6.01. The highest BCUT2D eigenvalue weighted by Crippen LogP contribution is 2.33. The first-order chi connectivity index (χ1) is 9.05. The van der Waals surface area contributed by atoms with E-state index in [0.717, 1.165) is 24.2 Å². The van der Waals surface area contributed by atoms with Crippen LogP contribution in [0.4, 0.5) is 0 Å². The Bertz CT molecular complexity index is 423. The van der Waals surface area contributed by atoms with Crippen LogP contribution in [0.1, 0.15) is 36.8 Å². The Balaban J connectivity index is 1.94. The highest BCUT2D eigenvalue weighted by Gasteiger charge is 2.35. The SMILES string of the molecule is Cc1cccc(CNCC2(N(C)C)CCCC2)c1O. The van der Waals surface area contributed by atoms with Gasteiger partial charge >= 0.3 is 0 Å². The standard InChI is InChI=1S/C16H26N2O/c1-13-7-6-8-14(15(13)19)11-17-12-16(18(2)3)9-4-5-10-16/h6-8,17,19H,4-5,9-12H2,1-3H3. The summed E-state index contributed by atoms with van der Waals surface area (Å²) in [5.41, 5.74) is 2.24. The Hall–Kier alpha value is -1.06. The smallest absolute Gasteiger partial charge is 0.122 e. The average molecular weight is 262 g/mol. The van der Waals surface area contributed by atoms with E-state index in [1.165, 1.54) is 25.7 Å². The van der Waals surface area contributed by atoms with Gasteiger partial charge in [-0.1, -0.05) is 31.0 Å². The molecule has 3 nitrogen and oxygen atoms in total. The fourth-order valence-corrected chi connectivity index (χ4v) is 3.11. The highest BCUT2D eigenvalue weighted by atomic mass is 16.3. The Morgan fingerprint density at radius 1 is 1.26 bits per heavy atom. The van der Waals surface area contributed by atoms with Gasteiger partial charge in [0.15, 0.2) is 0 Å². The van der Waals surface area contributed by atoms with Gasteiger partial charge in [0.2, 0.25) is 0 Å². The molecule has 0 atom stereocenters. The van der Waals surface area contributed by atoms with Crippen LogP contribution in [-0.2, 0) is 6.54 Å². The zero-order valence-electron chi connectivity index (χ0n) is 12.4. The van der Waals surface area contributed by atoms with Gasteiger partial charge in [0.05, 0.1) is 0 Å². The van der Waals surface area contributed by atoms with E-state index in [4.69, 9.17) is 0 Å². The van der Waals surface area contributed by atoms with Gasteiger partial charge in [-0.05, 0) is 39.4 Å². The van der Waals surface area contributed by atoms with Crippen LogP contribution < -0.4 is 5.32 Å². The monoisotopic (exact) mass is 262 g/mol. The van der Waals surface area contributed by atoms with Gasteiger partial charge in [-0.15, -0.1) is 0 Å². The zero-order valence-corrected chi connectivity index (χ0v) is 12.4. The van der Waals surface area contributed by atoms with E-state index >= 15 is 0 Å². The summed E-state index contributed by atoms with van der Waals surface area (Å²) in [7, 11) is 4.36. The third-order valence-corrected chi connectivity index (χ3v) is 4.57. The largest absolute Gasteiger partial charge is 0.507 e. The Morgan fingerprint density at radius 2 is 1.95 bits per heavy atom. The summed E-state index contributed by atoms with van der Waals surface area (Å²) < 4.78 is 0. The van der Waals surface area contributed by atoms with Crippen molar-refractivity contribution in [3.05, 3.63) is 29.3 Å². The van der Waals surface area contributed by atoms with E-state index in [-0.39, 0.29) is 0 Å². The molecule has 1 aromatic carbocycles. The second kappa shape index (κ2) is 5.93. The Labute approximate surface area is 116 Å². The minimum absolute atomic E-state index is 0.305. The molecule has 1 fully saturated rings. The molecule has 106 valence electrons. The normalized spacial score (nSPS) is 18.1. The average Bonchev–Trinajstić information content (AvgIpc) is 2.85. The molecule has 0 amide bonds. The Morgan fingerprint density at radius 3 is 2.58 bits per heavy atom. The van der Waals surface area contributed by atoms with E-state index in [0.29, 0.717) is 11.3 Å². The van der Waals surface area contributed by atoms with Gasteiger partial charge < -0.3 is 15.3 Å². The third kappa shape index (κ3) is 3.10. The molecule has 0 unspecified atom stereocenters. The fraction of sp³-hybridized carbons (Fsp3) is 0.625. The molecule has 1 aromatic rings. The highest BCUT2D eigenvalue weighted by molar-refractivity contribution is 5.39. The number of para-hydroxylation sites is 1. The maximum Gasteiger partial charge on any atom is 0.122 e. The summed E-state index contributed by atoms with van der Waals surface area (Å²) in [6.45, 7) is 3.67. The molecule has 2 rings (SSSR count). The van der Waals surface area contributed by atoms with E-state index in [1.54, 1.807) is 0 Å². The summed E-state index contributed by atoms with van der Waals surface area (Å²) in [5.74, 6) is 0.431. The molecule has 0 saturated heterocycles. The molecule has 1 aliphatic carbocycles. The van der Waals surface area contributed by atoms with Gasteiger partial charge in [-0.3, -0.25) is 0 Å². The van der Waals surface area contributed by atoms with Crippen LogP contribution in [0.3, 0.4) is 0 Å². The van der Waals surface area contributed by atoms with Crippen molar-refractivity contribution in [3.63, 3.8) is 0 Å². The van der Waals surface area contributed by atoms with Crippen LogP contribution in [0.25, 0.3) is 0 Å². The number of nitrogens with zero attached hydrogens (tertiary/aromatic N) is 1. The number of benzene rings is 1. The van der Waals surface area contributed by atoms with Crippen molar-refractivity contribution in [2.45, 2.75) is 44.7 Å². The van der Waals surface area contributed by atoms with Crippen LogP contribution in [0.15, 0.2) is 18.2 Å². The van der Waals surface area contributed by atoms with Crippen LogP contribution in [0, 0.1) is 6.92 Å². The van der Waals surface area contributed by atoms with Crippen LogP contribution in [0.5, 0.6) is 5.75 Å². The maximum absolute atomic E-state index is 10.0. The number of nitrogens with one attached hydrogen (secondary N) is 1. The number of likely N-dealkylation sites (N-methyl/N-ethyl adjacent to an activating group) is 1. The first kappa shape index (κ1) is 14.4. The lowest BCUT2D eigenvalue weighted by atomic mass is 9.96. The minimum Gasteiger partial charge on any atom is -0.507 e. The van der Waals surface area contributed by atoms with Crippen molar-refractivity contribution >= 4 is 0 Å². The first-order valence-corrected chi connectivity index (χ1v) is 7.21. The van der Waals surface area contributed by atoms with Crippen molar-refractivity contribution in [3.8, 4) is 5.75 Å². The van der Waals surface area contributed by atoms with E-state index in [2.05, 4.69) is 24.3 Å². The second-order valence-corrected chi connectivity index (χ2v) is 6.01. The number of aromatic hydroxyl groups is 1. The van der Waals surface area contributed by atoms with E-state index in [9.17, 15) is 5.11 Å². The first-order valence-electron chi connectivity index (χ1n) is 7.21. The summed E-state index contributed by atoms with van der Waals surface area (Å²) in [6.07, 6.45) is 5.20. The lowest BCUT2D eigenvalue weighted by Crippen LogP contribution is -2.49. The van der Waals surface area contributed by atoms with Crippen molar-refractivity contribution < 1.29 is 5.11 Å². The van der Waals surface area contributed by atoms with E-state index in [1.807, 2.05) is 25.1 Å². The lowest BCUT2D eigenvalue weighted by molar-refractivity contribution is 0.153. The van der Waals surface area contributed by atoms with Gasteiger partial charge in [0.25, 0.3) is 0 Å². The molecule has 1 aliphatic rings. The van der Waals surface area contributed by atoms with Crippen LogP contribution >= 0.6 is 0 Å². The lowest BCUT2D eigenvalue weighted by Gasteiger charge is -2.36. The molecule has 0 aromatic heterocycles. The summed E-state index contributed by atoms with van der Waals surface area (Å²) >= 11 is 0. The molecule has 0 bridgehead atoms. The number of phenolic OH excluding ortho intramolecular Hbond substituents is 1. The van der Waals surface area contributed by atoms with Crippen molar-refractivity contribution in [1.29, 1.82) is 0 Å². The maximum atomic E-state index is 10.0. The molecule has 0 spiro atoms. The van der Waals surface area contributed by atoms with Crippen LogP contribution in [-0.4, -0.2) is 36.2 Å². The number of hydrogen-bond donors (Lipinski definition) is 2. The summed E-state index contributed by atoms with van der Waals surface area (Å²) in [4.78, 5) is 2.36. The number of phenols is 1. The molecule has 0 aliphatic heterocycles. The molecule has 0 radical (unpaired) electrons. The third-order valence-electron chi connectivity index (χ3n) is 4.57. The fourth-order valence-electron chi connectivity index (χ4n) is 3.11. The topological polar surface area (TPSA) is 35.5 Å². The molecule has 1 saturated carbocycles. The Kier molecular flexibility index (Phi) is 4.48. The van der Waals surface area contributed by atoms with Crippen LogP contribution in [0.2, 0.25) is 0 Å².